The van der Waals surface area contributed by atoms with Crippen LogP contribution in [0.5, 0.6) is 5.75 Å². The summed E-state index contributed by atoms with van der Waals surface area (Å²) in [7, 11) is 0. The molecule has 0 aliphatic heterocycles. The molecule has 0 radical (unpaired) electrons. The van der Waals surface area contributed by atoms with Crippen LogP contribution in [-0.2, 0) is 4.79 Å². The van der Waals surface area contributed by atoms with E-state index >= 15 is 0 Å². The van der Waals surface area contributed by atoms with Crippen molar-refractivity contribution in [2.75, 3.05) is 5.32 Å². The van der Waals surface area contributed by atoms with Crippen LogP contribution in [-0.4, -0.2) is 31.3 Å². The van der Waals surface area contributed by atoms with Gasteiger partial charge in [-0.3, -0.25) is 14.6 Å². The predicted octanol–water partition coefficient (Wildman–Crippen LogP) is 4.28. The van der Waals surface area contributed by atoms with Gasteiger partial charge in [-0.05, 0) is 64.1 Å². The van der Waals surface area contributed by atoms with Gasteiger partial charge >= 0.3 is 0 Å². The Bertz CT molecular complexity index is 1350. The van der Waals surface area contributed by atoms with E-state index in [2.05, 4.69) is 20.4 Å². The molecule has 10 heteroatoms. The Balaban J connectivity index is 1.69. The SMILES string of the molecule is Cc1nc(-n2nc(-c3ccco3)cc2NC(=O)C(C)(C)Oc2ccc(Cl)cc2)[nH]c(=O)c1C. The average molecular weight is 468 g/mol. The molecule has 0 aliphatic rings. The van der Waals surface area contributed by atoms with Gasteiger partial charge in [-0.15, -0.1) is 0 Å². The van der Waals surface area contributed by atoms with Crippen LogP contribution in [0.1, 0.15) is 25.1 Å². The van der Waals surface area contributed by atoms with Gasteiger partial charge < -0.3 is 14.5 Å². The van der Waals surface area contributed by atoms with Gasteiger partial charge in [-0.2, -0.15) is 9.78 Å². The van der Waals surface area contributed by atoms with Crippen molar-refractivity contribution >= 4 is 23.3 Å². The lowest BCUT2D eigenvalue weighted by atomic mass is 10.1. The van der Waals surface area contributed by atoms with Crippen molar-refractivity contribution in [1.82, 2.24) is 19.7 Å². The third kappa shape index (κ3) is 4.68. The Labute approximate surface area is 194 Å². The highest BCUT2D eigenvalue weighted by atomic mass is 35.5. The van der Waals surface area contributed by atoms with Crippen molar-refractivity contribution < 1.29 is 13.9 Å². The van der Waals surface area contributed by atoms with Gasteiger partial charge in [0.05, 0.1) is 6.26 Å². The second-order valence-electron chi connectivity index (χ2n) is 7.92. The molecule has 0 atom stereocenters. The molecule has 170 valence electrons. The molecule has 33 heavy (non-hydrogen) atoms. The summed E-state index contributed by atoms with van der Waals surface area (Å²) in [5.74, 6) is 0.991. The van der Waals surface area contributed by atoms with Crippen molar-refractivity contribution in [3.63, 3.8) is 0 Å². The third-order valence-electron chi connectivity index (χ3n) is 5.04. The number of carbonyl (C=O) groups is 1. The molecule has 0 saturated heterocycles. The van der Waals surface area contributed by atoms with Crippen LogP contribution < -0.4 is 15.6 Å². The standard InChI is InChI=1S/C23H22ClN5O4/c1-13-14(2)25-22(27-20(13)30)29-19(12-17(28-29)18-6-5-11-32-18)26-21(31)23(3,4)33-16-9-7-15(24)8-10-16/h5-12H,1-4H3,(H,26,31)(H,25,27,30). The highest BCUT2D eigenvalue weighted by molar-refractivity contribution is 6.30. The van der Waals surface area contributed by atoms with Crippen LogP contribution in [0.4, 0.5) is 5.82 Å². The first kappa shape index (κ1) is 22.3. The predicted molar refractivity (Wildman–Crippen MR) is 124 cm³/mol. The number of aromatic nitrogens is 4. The fourth-order valence-electron chi connectivity index (χ4n) is 3.02. The summed E-state index contributed by atoms with van der Waals surface area (Å²) in [4.78, 5) is 32.6. The smallest absolute Gasteiger partial charge is 0.269 e. The molecule has 9 nitrogen and oxygen atoms in total. The van der Waals surface area contributed by atoms with Gasteiger partial charge in [0, 0.05) is 22.3 Å². The highest BCUT2D eigenvalue weighted by Gasteiger charge is 2.31. The van der Waals surface area contributed by atoms with Gasteiger partial charge in [0.1, 0.15) is 17.3 Å². The molecule has 0 unspecified atom stereocenters. The maximum Gasteiger partial charge on any atom is 0.269 e. The molecule has 0 bridgehead atoms. The van der Waals surface area contributed by atoms with E-state index in [9.17, 15) is 9.59 Å². The van der Waals surface area contributed by atoms with Gasteiger partial charge in [-0.1, -0.05) is 11.6 Å². The van der Waals surface area contributed by atoms with E-state index in [-0.39, 0.29) is 17.3 Å². The number of nitrogens with one attached hydrogen (secondary N) is 2. The molecular weight excluding hydrogens is 446 g/mol. The summed E-state index contributed by atoms with van der Waals surface area (Å²) in [6.45, 7) is 6.69. The Morgan fingerprint density at radius 1 is 1.21 bits per heavy atom. The minimum atomic E-state index is -1.24. The molecule has 0 aliphatic carbocycles. The van der Waals surface area contributed by atoms with Crippen molar-refractivity contribution in [3.05, 3.63) is 75.4 Å². The zero-order valence-electron chi connectivity index (χ0n) is 18.5. The number of anilines is 1. The summed E-state index contributed by atoms with van der Waals surface area (Å²) in [5, 5.41) is 7.87. The molecule has 0 spiro atoms. The first-order valence-electron chi connectivity index (χ1n) is 10.1. The molecule has 3 heterocycles. The average Bonchev–Trinajstić information content (AvgIpc) is 3.43. The van der Waals surface area contributed by atoms with Gasteiger partial charge in [0.15, 0.2) is 11.4 Å². The van der Waals surface area contributed by atoms with Crippen LogP contribution in [0.2, 0.25) is 5.02 Å². The number of rotatable bonds is 6. The quantitative estimate of drug-likeness (QED) is 0.437. The van der Waals surface area contributed by atoms with Gasteiger partial charge in [0.25, 0.3) is 11.5 Å². The number of hydrogen-bond donors (Lipinski definition) is 2. The molecule has 4 aromatic rings. The number of halogens is 1. The van der Waals surface area contributed by atoms with Crippen LogP contribution in [0, 0.1) is 13.8 Å². The summed E-state index contributed by atoms with van der Waals surface area (Å²) >= 11 is 5.92. The maximum atomic E-state index is 13.2. The van der Waals surface area contributed by atoms with Crippen molar-refractivity contribution in [2.45, 2.75) is 33.3 Å². The Hall–Kier alpha value is -3.85. The Morgan fingerprint density at radius 3 is 2.58 bits per heavy atom. The van der Waals surface area contributed by atoms with Crippen LogP contribution in [0.25, 0.3) is 17.4 Å². The van der Waals surface area contributed by atoms with Crippen LogP contribution in [0.15, 0.2) is 57.9 Å². The van der Waals surface area contributed by atoms with E-state index in [0.29, 0.717) is 33.5 Å². The fraction of sp³-hybridized carbons (Fsp3) is 0.217. The van der Waals surface area contributed by atoms with Gasteiger partial charge in [0.2, 0.25) is 5.95 Å². The minimum absolute atomic E-state index is 0.160. The van der Waals surface area contributed by atoms with Gasteiger partial charge in [-0.25, -0.2) is 4.98 Å². The summed E-state index contributed by atoms with van der Waals surface area (Å²) in [6, 6.07) is 11.8. The number of hydrogen-bond acceptors (Lipinski definition) is 6. The number of nitrogens with zero attached hydrogens (tertiary/aromatic N) is 3. The van der Waals surface area contributed by atoms with Crippen LogP contribution >= 0.6 is 11.6 Å². The summed E-state index contributed by atoms with van der Waals surface area (Å²) < 4.78 is 12.7. The zero-order chi connectivity index (χ0) is 23.8. The second-order valence-corrected chi connectivity index (χ2v) is 8.36. The third-order valence-corrected chi connectivity index (χ3v) is 5.29. The lowest BCUT2D eigenvalue weighted by molar-refractivity contribution is -0.128. The molecule has 1 amide bonds. The number of H-pyrrole nitrogens is 1. The van der Waals surface area contributed by atoms with E-state index in [0.717, 1.165) is 0 Å². The fourth-order valence-corrected chi connectivity index (χ4v) is 3.14. The molecule has 3 aromatic heterocycles. The van der Waals surface area contributed by atoms with Crippen molar-refractivity contribution in [1.29, 1.82) is 0 Å². The molecule has 0 saturated carbocycles. The molecule has 4 rings (SSSR count). The van der Waals surface area contributed by atoms with E-state index < -0.39 is 11.5 Å². The number of benzene rings is 1. The maximum absolute atomic E-state index is 13.2. The first-order valence-corrected chi connectivity index (χ1v) is 10.5. The lowest BCUT2D eigenvalue weighted by Gasteiger charge is -2.25. The zero-order valence-corrected chi connectivity index (χ0v) is 19.2. The largest absolute Gasteiger partial charge is 0.478 e. The number of aromatic amines is 1. The first-order chi connectivity index (χ1) is 15.6. The normalized spacial score (nSPS) is 11.4. The number of carbonyl (C=O) groups excluding carboxylic acids is 1. The Kier molecular flexibility index (Phi) is 5.82. The number of furan rings is 1. The highest BCUT2D eigenvalue weighted by Crippen LogP contribution is 2.26. The van der Waals surface area contributed by atoms with E-state index in [1.165, 1.54) is 10.9 Å². The van der Waals surface area contributed by atoms with E-state index in [1.807, 2.05) is 0 Å². The van der Waals surface area contributed by atoms with E-state index in [4.69, 9.17) is 20.8 Å². The van der Waals surface area contributed by atoms with Crippen molar-refractivity contribution in [3.8, 4) is 23.2 Å². The molecule has 1 aromatic carbocycles. The van der Waals surface area contributed by atoms with E-state index in [1.54, 1.807) is 70.2 Å². The lowest BCUT2D eigenvalue weighted by Crippen LogP contribution is -2.43. The molecular formula is C23H22ClN5O4. The van der Waals surface area contributed by atoms with Crippen molar-refractivity contribution in [2.24, 2.45) is 0 Å². The monoisotopic (exact) mass is 467 g/mol. The second kappa shape index (κ2) is 8.59. The summed E-state index contributed by atoms with van der Waals surface area (Å²) in [5.41, 5.74) is -0.0331. The Morgan fingerprint density at radius 2 is 1.94 bits per heavy atom. The molecule has 2 N–H and O–H groups in total. The number of aryl methyl sites for hydroxylation is 1. The number of ether oxygens (including phenoxy) is 1. The summed E-state index contributed by atoms with van der Waals surface area (Å²) in [6.07, 6.45) is 1.52. The molecule has 0 fully saturated rings. The topological polar surface area (TPSA) is 115 Å². The number of amides is 1. The van der Waals surface area contributed by atoms with Crippen LogP contribution in [0.3, 0.4) is 0 Å². The minimum Gasteiger partial charge on any atom is -0.478 e.